The van der Waals surface area contributed by atoms with Gasteiger partial charge in [0.15, 0.2) is 0 Å². The van der Waals surface area contributed by atoms with Gasteiger partial charge in [-0.05, 0) is 111 Å². The van der Waals surface area contributed by atoms with E-state index in [-0.39, 0.29) is 6.04 Å². The van der Waals surface area contributed by atoms with Gasteiger partial charge in [-0.15, -0.1) is 4.99 Å². The Hall–Kier alpha value is -4.68. The van der Waals surface area contributed by atoms with Gasteiger partial charge in [0.2, 0.25) is 12.2 Å². The molecular weight excluding hydrogens is 574 g/mol. The molecule has 2 aliphatic rings. The van der Waals surface area contributed by atoms with Crippen LogP contribution >= 0.6 is 0 Å². The van der Waals surface area contributed by atoms with Gasteiger partial charge in [-0.1, -0.05) is 30.2 Å². The van der Waals surface area contributed by atoms with Crippen LogP contribution in [0.25, 0.3) is 22.2 Å². The largest absolute Gasteiger partial charge is 0.481 e. The molecule has 1 aliphatic heterocycles. The van der Waals surface area contributed by atoms with E-state index in [1.165, 1.54) is 22.3 Å². The minimum atomic E-state index is -0.704. The number of likely N-dealkylation sites (tertiary alicyclic amines) is 1. The summed E-state index contributed by atoms with van der Waals surface area (Å²) in [5.41, 5.74) is 8.59. The van der Waals surface area contributed by atoms with E-state index in [1.54, 1.807) is 0 Å². The lowest BCUT2D eigenvalue weighted by Crippen LogP contribution is -2.43. The quantitative estimate of drug-likeness (QED) is 0.0967. The summed E-state index contributed by atoms with van der Waals surface area (Å²) in [5, 5.41) is 27.6. The third-order valence-electron chi connectivity index (χ3n) is 9.73. The minimum Gasteiger partial charge on any atom is -0.481 e. The van der Waals surface area contributed by atoms with Gasteiger partial charge in [-0.25, -0.2) is 0 Å². The first-order valence-corrected chi connectivity index (χ1v) is 16.4. The van der Waals surface area contributed by atoms with Gasteiger partial charge in [0.25, 0.3) is 0 Å². The fourth-order valence-corrected chi connectivity index (χ4v) is 7.27. The zero-order valence-electron chi connectivity index (χ0n) is 26.9. The van der Waals surface area contributed by atoms with Gasteiger partial charge in [0.05, 0.1) is 5.41 Å². The molecule has 1 aliphatic carbocycles. The molecule has 0 spiro atoms. The van der Waals surface area contributed by atoms with Crippen LogP contribution in [0.5, 0.6) is 0 Å². The number of rotatable bonds is 11. The summed E-state index contributed by atoms with van der Waals surface area (Å²) >= 11 is 0. The summed E-state index contributed by atoms with van der Waals surface area (Å²) < 4.78 is 0. The minimum absolute atomic E-state index is 0.114. The molecule has 1 saturated carbocycles. The van der Waals surface area contributed by atoms with Crippen LogP contribution in [0.15, 0.2) is 65.9 Å². The van der Waals surface area contributed by atoms with Crippen LogP contribution in [0.3, 0.4) is 0 Å². The van der Waals surface area contributed by atoms with Gasteiger partial charge in [0.1, 0.15) is 0 Å². The van der Waals surface area contributed by atoms with Crippen molar-refractivity contribution < 1.29 is 9.90 Å². The topological polar surface area (TPSA) is 129 Å². The lowest BCUT2D eigenvalue weighted by Gasteiger charge is -2.24. The van der Waals surface area contributed by atoms with Crippen molar-refractivity contribution in [3.8, 4) is 17.5 Å². The maximum atomic E-state index is 12.2. The molecule has 0 amide bonds. The Morgan fingerprint density at radius 3 is 2.61 bits per heavy atom. The monoisotopic (exact) mass is 617 g/mol. The molecule has 2 atom stereocenters. The molecule has 238 valence electrons. The fraction of sp³-hybridized carbons (Fsp3) is 0.405. The third kappa shape index (κ3) is 6.49. The summed E-state index contributed by atoms with van der Waals surface area (Å²) in [6, 6.07) is 17.1. The van der Waals surface area contributed by atoms with Crippen molar-refractivity contribution in [2.75, 3.05) is 26.2 Å². The van der Waals surface area contributed by atoms with Crippen molar-refractivity contribution in [3.63, 3.8) is 0 Å². The van der Waals surface area contributed by atoms with Gasteiger partial charge < -0.3 is 25.6 Å². The number of benzene rings is 2. The van der Waals surface area contributed by atoms with Crippen LogP contribution in [-0.4, -0.2) is 64.1 Å². The van der Waals surface area contributed by atoms with E-state index in [9.17, 15) is 15.2 Å². The molecule has 9 nitrogen and oxygen atoms in total. The number of aliphatic imine (C=N–C) groups is 1. The summed E-state index contributed by atoms with van der Waals surface area (Å²) in [4.78, 5) is 26.4. The Labute approximate surface area is 270 Å². The lowest BCUT2D eigenvalue weighted by atomic mass is 9.89. The number of hydrogen-bond acceptors (Lipinski definition) is 5. The van der Waals surface area contributed by atoms with Crippen molar-refractivity contribution >= 4 is 22.8 Å². The predicted octanol–water partition coefficient (Wildman–Crippen LogP) is 5.69. The Morgan fingerprint density at radius 1 is 1.17 bits per heavy atom. The van der Waals surface area contributed by atoms with Crippen LogP contribution < -0.4 is 10.6 Å². The van der Waals surface area contributed by atoms with Crippen LogP contribution in [0.2, 0.25) is 0 Å². The SMILES string of the molecule is CCNC(Cc1ccc2[nH]c(-c3cc(C)cc(C)c3)c(CCNC(=NC#N)N3CCC(c4ccncc4)C3)c2c1)C1(C(=O)O)CC1. The number of likely N-dealkylation sites (N-methyl/N-ethyl adjacent to an activating group) is 1. The zero-order chi connectivity index (χ0) is 32.3. The molecule has 2 fully saturated rings. The first-order chi connectivity index (χ1) is 22.3. The standard InChI is InChI=1S/C37H43N7O2/c1-4-40-33(37(11-12-37)35(45)46)21-26-5-6-32-31(20-26)30(34(43-32)29-18-24(2)17-25(3)19-29)9-15-41-36(42-23-38)44-16-10-28(22-44)27-7-13-39-14-8-27/h5-8,13-14,17-20,28,33,40,43H,4,9-12,15-16,21-22H2,1-3H3,(H,41,42)(H,45,46). The summed E-state index contributed by atoms with van der Waals surface area (Å²) in [5.74, 6) is 0.285. The molecule has 6 rings (SSSR count). The molecule has 0 radical (unpaired) electrons. The number of carboxylic acid groups (broad SMARTS) is 1. The first kappa shape index (κ1) is 31.3. The number of guanidine groups is 1. The molecular formula is C37H43N7O2. The van der Waals surface area contributed by atoms with Gasteiger partial charge in [-0.3, -0.25) is 9.78 Å². The van der Waals surface area contributed by atoms with E-state index < -0.39 is 11.4 Å². The van der Waals surface area contributed by atoms with E-state index in [0.717, 1.165) is 53.8 Å². The van der Waals surface area contributed by atoms with Gasteiger partial charge >= 0.3 is 5.97 Å². The van der Waals surface area contributed by atoms with Crippen molar-refractivity contribution in [2.24, 2.45) is 10.4 Å². The number of aromatic nitrogens is 2. The van der Waals surface area contributed by atoms with E-state index >= 15 is 0 Å². The maximum absolute atomic E-state index is 12.2. The highest BCUT2D eigenvalue weighted by Gasteiger charge is 2.55. The number of carboxylic acids is 1. The van der Waals surface area contributed by atoms with E-state index in [2.05, 4.69) is 92.9 Å². The second-order valence-electron chi connectivity index (χ2n) is 12.9. The molecule has 3 heterocycles. The molecule has 2 unspecified atom stereocenters. The molecule has 4 aromatic rings. The molecule has 0 bridgehead atoms. The highest BCUT2D eigenvalue weighted by Crippen LogP contribution is 2.50. The number of carbonyl (C=O) groups is 1. The lowest BCUT2D eigenvalue weighted by molar-refractivity contribution is -0.144. The Kier molecular flexibility index (Phi) is 9.09. The van der Waals surface area contributed by atoms with E-state index in [4.69, 9.17) is 0 Å². The van der Waals surface area contributed by atoms with Crippen molar-refractivity contribution in [3.05, 3.63) is 88.7 Å². The first-order valence-electron chi connectivity index (χ1n) is 16.4. The number of aliphatic carboxylic acids is 1. The normalized spacial score (nSPS) is 18.0. The average molecular weight is 618 g/mol. The van der Waals surface area contributed by atoms with E-state index in [0.29, 0.717) is 44.1 Å². The van der Waals surface area contributed by atoms with Crippen molar-refractivity contribution in [2.45, 2.75) is 64.8 Å². The highest BCUT2D eigenvalue weighted by atomic mass is 16.4. The van der Waals surface area contributed by atoms with Gasteiger partial charge in [0, 0.05) is 60.6 Å². The third-order valence-corrected chi connectivity index (χ3v) is 9.73. The number of fused-ring (bicyclic) bond motifs is 1. The van der Waals surface area contributed by atoms with Crippen molar-refractivity contribution in [1.82, 2.24) is 25.5 Å². The molecule has 9 heteroatoms. The number of nitriles is 1. The Morgan fingerprint density at radius 2 is 1.93 bits per heavy atom. The van der Waals surface area contributed by atoms with Crippen LogP contribution in [0, 0.1) is 30.7 Å². The number of pyridine rings is 1. The Bertz CT molecular complexity index is 1760. The van der Waals surface area contributed by atoms with Crippen molar-refractivity contribution in [1.29, 1.82) is 5.26 Å². The maximum Gasteiger partial charge on any atom is 0.311 e. The molecule has 46 heavy (non-hydrogen) atoms. The summed E-state index contributed by atoms with van der Waals surface area (Å²) in [7, 11) is 0. The van der Waals surface area contributed by atoms with Crippen LogP contribution in [-0.2, 0) is 17.6 Å². The number of H-pyrrole nitrogens is 1. The predicted molar refractivity (Wildman–Crippen MR) is 182 cm³/mol. The zero-order valence-corrected chi connectivity index (χ0v) is 26.9. The Balaban J connectivity index is 1.27. The molecule has 2 aromatic carbocycles. The van der Waals surface area contributed by atoms with Crippen LogP contribution in [0.1, 0.15) is 59.9 Å². The second kappa shape index (κ2) is 13.4. The highest BCUT2D eigenvalue weighted by molar-refractivity contribution is 5.92. The fourth-order valence-electron chi connectivity index (χ4n) is 7.27. The average Bonchev–Trinajstić information content (AvgIpc) is 3.58. The molecule has 4 N–H and O–H groups in total. The van der Waals surface area contributed by atoms with E-state index in [1.807, 2.05) is 25.5 Å². The number of aromatic amines is 1. The number of nitrogens with zero attached hydrogens (tertiary/aromatic N) is 4. The molecule has 2 aromatic heterocycles. The number of hydrogen-bond donors (Lipinski definition) is 4. The summed E-state index contributed by atoms with van der Waals surface area (Å²) in [6.45, 7) is 9.24. The number of nitrogens with one attached hydrogen (secondary N) is 3. The van der Waals surface area contributed by atoms with Crippen LogP contribution in [0.4, 0.5) is 0 Å². The number of aryl methyl sites for hydroxylation is 2. The second-order valence-corrected chi connectivity index (χ2v) is 12.9. The van der Waals surface area contributed by atoms with Gasteiger partial charge in [-0.2, -0.15) is 5.26 Å². The smallest absolute Gasteiger partial charge is 0.311 e. The molecule has 1 saturated heterocycles. The summed E-state index contributed by atoms with van der Waals surface area (Å²) in [6.07, 6.45) is 9.46.